The summed E-state index contributed by atoms with van der Waals surface area (Å²) in [4.78, 5) is 17.0. The summed E-state index contributed by atoms with van der Waals surface area (Å²) in [5, 5.41) is 5.90. The second-order valence-electron chi connectivity index (χ2n) is 16.3. The number of allylic oxidation sites excluding steroid dienone is 1. The molecule has 0 bridgehead atoms. The molecule has 7 aromatic carbocycles. The van der Waals surface area contributed by atoms with E-state index in [0.29, 0.717) is 5.82 Å². The van der Waals surface area contributed by atoms with E-state index in [9.17, 15) is 0 Å². The Morgan fingerprint density at radius 1 is 0.429 bits per heavy atom. The fourth-order valence-corrected chi connectivity index (χ4v) is 10.1. The van der Waals surface area contributed by atoms with Crippen molar-refractivity contribution in [3.8, 4) is 51.1 Å². The summed E-state index contributed by atoms with van der Waals surface area (Å²) in [5.41, 5.74) is 14.3. The maximum atomic E-state index is 5.70. The van der Waals surface area contributed by atoms with Gasteiger partial charge in [-0.15, -0.1) is 0 Å². The second-order valence-corrected chi connectivity index (χ2v) is 16.3. The summed E-state index contributed by atoms with van der Waals surface area (Å²) >= 11 is 0. The van der Waals surface area contributed by atoms with Gasteiger partial charge in [0.15, 0.2) is 11.6 Å². The molecule has 13 rings (SSSR count). The number of pyridine rings is 1. The highest BCUT2D eigenvalue weighted by atomic mass is 15.2. The van der Waals surface area contributed by atoms with Crippen molar-refractivity contribution in [1.29, 1.82) is 0 Å². The standard InChI is InChI=1S/C57H38N6/c1-3-19-37(20-4-1)45-35-46(38-21-5-2-6-22-38)60-56(59-45)54-53(61-47-29-13-7-23-39(47)40-24-8-14-30-48(40)61)36-58-57(63-51-33-17-11-27-43(51)44-28-12-18-34-52(44)63)55(54)62-49-31-15-9-25-41(49)42-26-10-16-32-50(42)62/h1-11,13-27,29-36H,12,28H2. The lowest BCUT2D eigenvalue weighted by atomic mass is 10.0. The Kier molecular flexibility index (Phi) is 7.93. The summed E-state index contributed by atoms with van der Waals surface area (Å²) in [7, 11) is 0. The highest BCUT2D eigenvalue weighted by Crippen LogP contribution is 2.45. The number of aromatic nitrogens is 6. The fraction of sp³-hybridized carbons (Fsp3) is 0.0351. The van der Waals surface area contributed by atoms with E-state index < -0.39 is 0 Å². The first-order valence-corrected chi connectivity index (χ1v) is 21.6. The van der Waals surface area contributed by atoms with Crippen LogP contribution in [0.15, 0.2) is 200 Å². The van der Waals surface area contributed by atoms with Gasteiger partial charge in [0.1, 0.15) is 5.69 Å². The van der Waals surface area contributed by atoms with Gasteiger partial charge in [-0.1, -0.05) is 158 Å². The summed E-state index contributed by atoms with van der Waals surface area (Å²) in [6.07, 6.45) is 8.60. The number of nitrogens with zero attached hydrogens (tertiary/aromatic N) is 6. The van der Waals surface area contributed by atoms with Gasteiger partial charge < -0.3 is 9.13 Å². The van der Waals surface area contributed by atoms with Crippen LogP contribution in [-0.4, -0.2) is 28.7 Å². The molecule has 0 saturated carbocycles. The zero-order chi connectivity index (χ0) is 41.4. The molecule has 0 saturated heterocycles. The van der Waals surface area contributed by atoms with Crippen molar-refractivity contribution in [3.05, 3.63) is 212 Å². The van der Waals surface area contributed by atoms with Crippen molar-refractivity contribution in [1.82, 2.24) is 28.7 Å². The average molecular weight is 807 g/mol. The topological polar surface area (TPSA) is 53.5 Å². The summed E-state index contributed by atoms with van der Waals surface area (Å²) in [6, 6.07) is 66.6. The van der Waals surface area contributed by atoms with Crippen molar-refractivity contribution >= 4 is 60.6 Å². The van der Waals surface area contributed by atoms with Gasteiger partial charge in [-0.25, -0.2) is 15.0 Å². The van der Waals surface area contributed by atoms with Gasteiger partial charge in [0.05, 0.1) is 62.1 Å². The molecule has 1 aliphatic carbocycles. The predicted molar refractivity (Wildman–Crippen MR) is 259 cm³/mol. The molecule has 0 unspecified atom stereocenters. The molecule has 1 aliphatic rings. The first-order valence-electron chi connectivity index (χ1n) is 21.6. The summed E-state index contributed by atoms with van der Waals surface area (Å²) < 4.78 is 7.18. The molecule has 296 valence electrons. The molecule has 63 heavy (non-hydrogen) atoms. The van der Waals surface area contributed by atoms with Crippen LogP contribution in [0.2, 0.25) is 0 Å². The number of aryl methyl sites for hydroxylation is 1. The van der Waals surface area contributed by atoms with E-state index in [1.54, 1.807) is 0 Å². The highest BCUT2D eigenvalue weighted by molar-refractivity contribution is 6.12. The van der Waals surface area contributed by atoms with Crippen molar-refractivity contribution in [2.24, 2.45) is 0 Å². The number of benzene rings is 7. The van der Waals surface area contributed by atoms with Crippen LogP contribution < -0.4 is 0 Å². The maximum absolute atomic E-state index is 5.70. The smallest absolute Gasteiger partial charge is 0.164 e. The Morgan fingerprint density at radius 2 is 0.873 bits per heavy atom. The van der Waals surface area contributed by atoms with E-state index in [4.69, 9.17) is 15.0 Å². The Balaban J connectivity index is 1.28. The molecule has 12 aromatic rings. The van der Waals surface area contributed by atoms with E-state index in [1.165, 1.54) is 21.7 Å². The third-order valence-corrected chi connectivity index (χ3v) is 12.8. The van der Waals surface area contributed by atoms with Gasteiger partial charge in [-0.2, -0.15) is 0 Å². The lowest BCUT2D eigenvalue weighted by Crippen LogP contribution is -2.13. The Bertz CT molecular complexity index is 3630. The first-order chi connectivity index (χ1) is 31.3. The molecular formula is C57H38N6. The monoisotopic (exact) mass is 806 g/mol. The van der Waals surface area contributed by atoms with Gasteiger partial charge in [-0.3, -0.25) is 4.57 Å². The van der Waals surface area contributed by atoms with E-state index in [-0.39, 0.29) is 0 Å². The van der Waals surface area contributed by atoms with Gasteiger partial charge in [0.2, 0.25) is 0 Å². The molecule has 0 fully saturated rings. The van der Waals surface area contributed by atoms with Gasteiger partial charge in [0, 0.05) is 38.1 Å². The maximum Gasteiger partial charge on any atom is 0.164 e. The molecule has 0 radical (unpaired) electrons. The molecular weight excluding hydrogens is 769 g/mol. The molecule has 6 heteroatoms. The molecule has 0 N–H and O–H groups in total. The number of hydrogen-bond donors (Lipinski definition) is 0. The molecule has 0 atom stereocenters. The molecule has 0 spiro atoms. The summed E-state index contributed by atoms with van der Waals surface area (Å²) in [5.74, 6) is 1.41. The number of rotatable bonds is 6. The largest absolute Gasteiger partial charge is 0.307 e. The SMILES string of the molecule is C1=Cc2c(c3ccccc3n2-c2ncc(-n3c4ccccc4c4ccccc43)c(-c3nc(-c4ccccc4)cc(-c4ccccc4)n3)c2-n2c3ccccc3c3ccccc32)CC1. The van der Waals surface area contributed by atoms with Crippen molar-refractivity contribution in [2.45, 2.75) is 12.8 Å². The zero-order valence-electron chi connectivity index (χ0n) is 34.2. The predicted octanol–water partition coefficient (Wildman–Crippen LogP) is 14.0. The average Bonchev–Trinajstić information content (AvgIpc) is 4.00. The first kappa shape index (κ1) is 35.4. The molecule has 5 aromatic heterocycles. The number of para-hydroxylation sites is 5. The van der Waals surface area contributed by atoms with E-state index in [2.05, 4.69) is 220 Å². The summed E-state index contributed by atoms with van der Waals surface area (Å²) in [6.45, 7) is 0. The zero-order valence-corrected chi connectivity index (χ0v) is 34.2. The fourth-order valence-electron chi connectivity index (χ4n) is 10.1. The van der Waals surface area contributed by atoms with E-state index >= 15 is 0 Å². The van der Waals surface area contributed by atoms with Crippen molar-refractivity contribution in [3.63, 3.8) is 0 Å². The number of hydrogen-bond acceptors (Lipinski definition) is 3. The van der Waals surface area contributed by atoms with Crippen molar-refractivity contribution in [2.75, 3.05) is 0 Å². The third kappa shape index (κ3) is 5.41. The molecule has 0 aliphatic heterocycles. The molecule has 0 amide bonds. The van der Waals surface area contributed by atoms with Crippen molar-refractivity contribution < 1.29 is 0 Å². The van der Waals surface area contributed by atoms with Gasteiger partial charge in [0.25, 0.3) is 0 Å². The molecule has 6 nitrogen and oxygen atoms in total. The normalized spacial score (nSPS) is 12.6. The Hall–Kier alpha value is -8.35. The minimum Gasteiger partial charge on any atom is -0.307 e. The van der Waals surface area contributed by atoms with Crippen LogP contribution in [0.1, 0.15) is 17.7 Å². The Labute approximate surface area is 363 Å². The minimum absolute atomic E-state index is 0.605. The number of fused-ring (bicyclic) bond motifs is 9. The van der Waals surface area contributed by atoms with Crippen LogP contribution in [0.5, 0.6) is 0 Å². The van der Waals surface area contributed by atoms with Crippen LogP contribution in [-0.2, 0) is 6.42 Å². The van der Waals surface area contributed by atoms with Crippen LogP contribution in [0.4, 0.5) is 0 Å². The van der Waals surface area contributed by atoms with Crippen LogP contribution in [0.25, 0.3) is 112 Å². The van der Waals surface area contributed by atoms with Gasteiger partial charge >= 0.3 is 0 Å². The van der Waals surface area contributed by atoms with Crippen LogP contribution >= 0.6 is 0 Å². The third-order valence-electron chi connectivity index (χ3n) is 12.8. The Morgan fingerprint density at radius 3 is 1.40 bits per heavy atom. The minimum atomic E-state index is 0.605. The second kappa shape index (κ2) is 14.1. The van der Waals surface area contributed by atoms with Crippen LogP contribution in [0.3, 0.4) is 0 Å². The molecule has 5 heterocycles. The van der Waals surface area contributed by atoms with Crippen LogP contribution in [0, 0.1) is 0 Å². The lowest BCUT2D eigenvalue weighted by Gasteiger charge is -2.23. The van der Waals surface area contributed by atoms with E-state index in [0.717, 1.165) is 102 Å². The van der Waals surface area contributed by atoms with Gasteiger partial charge in [-0.05, 0) is 60.9 Å². The lowest BCUT2D eigenvalue weighted by molar-refractivity contribution is 0.936. The van der Waals surface area contributed by atoms with E-state index in [1.807, 2.05) is 0 Å². The highest BCUT2D eigenvalue weighted by Gasteiger charge is 2.30. The quantitative estimate of drug-likeness (QED) is 0.168.